The molecule has 2 heterocycles. The summed E-state index contributed by atoms with van der Waals surface area (Å²) in [7, 11) is 0. The number of amides is 1. The van der Waals surface area contributed by atoms with Crippen molar-refractivity contribution in [3.05, 3.63) is 47.6 Å². The highest BCUT2D eigenvalue weighted by Crippen LogP contribution is 2.39. The average molecular weight is 427 g/mol. The Bertz CT molecular complexity index is 924. The Kier molecular flexibility index (Phi) is 6.50. The van der Waals surface area contributed by atoms with Crippen LogP contribution in [0.2, 0.25) is 5.02 Å². The Balaban J connectivity index is 1.56. The molecule has 2 fully saturated rings. The van der Waals surface area contributed by atoms with Gasteiger partial charge in [0.15, 0.2) is 5.82 Å². The van der Waals surface area contributed by atoms with Crippen molar-refractivity contribution in [3.8, 4) is 0 Å². The van der Waals surface area contributed by atoms with Gasteiger partial charge < -0.3 is 21.3 Å². The molecule has 0 bridgehead atoms. The van der Waals surface area contributed by atoms with E-state index in [1.54, 1.807) is 6.20 Å². The third kappa shape index (κ3) is 4.91. The van der Waals surface area contributed by atoms with Crippen LogP contribution in [0, 0.1) is 0 Å². The predicted molar refractivity (Wildman–Crippen MR) is 122 cm³/mol. The van der Waals surface area contributed by atoms with E-state index in [0.29, 0.717) is 28.4 Å². The van der Waals surface area contributed by atoms with Crippen LogP contribution in [0.5, 0.6) is 0 Å². The Morgan fingerprint density at radius 3 is 2.80 bits per heavy atom. The fourth-order valence-electron chi connectivity index (χ4n) is 3.76. The number of hydrogen-bond donors (Lipinski definition) is 4. The van der Waals surface area contributed by atoms with Gasteiger partial charge >= 0.3 is 0 Å². The van der Waals surface area contributed by atoms with Crippen molar-refractivity contribution < 1.29 is 4.79 Å². The summed E-state index contributed by atoms with van der Waals surface area (Å²) in [6, 6.07) is 6.37. The average Bonchev–Trinajstić information content (AvgIpc) is 2.71. The van der Waals surface area contributed by atoms with Crippen LogP contribution >= 0.6 is 11.6 Å². The number of carbonyl (C=O) groups excluding carboxylic acids is 1. The Morgan fingerprint density at radius 1 is 1.23 bits per heavy atom. The van der Waals surface area contributed by atoms with E-state index in [1.807, 2.05) is 12.1 Å². The Labute approximate surface area is 181 Å². The van der Waals surface area contributed by atoms with Crippen molar-refractivity contribution in [1.29, 1.82) is 0 Å². The third-order valence-electron chi connectivity index (χ3n) is 5.69. The normalized spacial score (nSPS) is 18.9. The zero-order valence-corrected chi connectivity index (χ0v) is 17.6. The zero-order valence-electron chi connectivity index (χ0n) is 16.9. The van der Waals surface area contributed by atoms with Crippen LogP contribution in [0.4, 0.5) is 23.1 Å². The van der Waals surface area contributed by atoms with Crippen LogP contribution in [0.1, 0.15) is 43.6 Å². The summed E-state index contributed by atoms with van der Waals surface area (Å²) >= 11 is 6.36. The van der Waals surface area contributed by atoms with Gasteiger partial charge in [0.1, 0.15) is 5.02 Å². The largest absolute Gasteiger partial charge is 0.350 e. The molecule has 1 aromatic carbocycles. The molecule has 2 aliphatic rings. The van der Waals surface area contributed by atoms with Gasteiger partial charge in [-0.2, -0.15) is 4.98 Å². The standard InChI is InChI=1S/C22H27ClN6O/c1-2-20(30)27-19-11-15(14-5-3-6-14)8-9-18(19)28-21-17(23)13-25-22(29-21)26-16-7-4-10-24-12-16/h2,8-9,11,13-14,16,24H,1,3-7,10,12H2,(H,27,30)(H2,25,26,28,29). The minimum Gasteiger partial charge on any atom is -0.350 e. The van der Waals surface area contributed by atoms with E-state index < -0.39 is 0 Å². The SMILES string of the molecule is C=CC(=O)Nc1cc(C2CCC2)ccc1Nc1nc(NC2CCCNC2)ncc1Cl. The quantitative estimate of drug-likeness (QED) is 0.489. The molecule has 4 N–H and O–H groups in total. The number of nitrogens with zero attached hydrogens (tertiary/aromatic N) is 2. The van der Waals surface area contributed by atoms with Crippen molar-refractivity contribution in [2.75, 3.05) is 29.0 Å². The van der Waals surface area contributed by atoms with E-state index >= 15 is 0 Å². The number of rotatable bonds is 7. The van der Waals surface area contributed by atoms with Gasteiger partial charge in [-0.25, -0.2) is 4.98 Å². The van der Waals surface area contributed by atoms with Gasteiger partial charge in [0.2, 0.25) is 11.9 Å². The van der Waals surface area contributed by atoms with Crippen molar-refractivity contribution >= 4 is 40.6 Å². The number of halogens is 1. The number of carbonyl (C=O) groups is 1. The molecule has 30 heavy (non-hydrogen) atoms. The fourth-order valence-corrected chi connectivity index (χ4v) is 3.90. The molecular weight excluding hydrogens is 400 g/mol. The van der Waals surface area contributed by atoms with E-state index in [2.05, 4.69) is 43.9 Å². The molecule has 0 radical (unpaired) electrons. The number of hydrogen-bond acceptors (Lipinski definition) is 6. The number of nitrogens with one attached hydrogen (secondary N) is 4. The van der Waals surface area contributed by atoms with Crippen LogP contribution in [0.3, 0.4) is 0 Å². The maximum absolute atomic E-state index is 12.0. The van der Waals surface area contributed by atoms with Crippen LogP contribution in [0.25, 0.3) is 0 Å². The smallest absolute Gasteiger partial charge is 0.247 e. The number of anilines is 4. The van der Waals surface area contributed by atoms with Gasteiger partial charge in [-0.3, -0.25) is 4.79 Å². The molecule has 158 valence electrons. The van der Waals surface area contributed by atoms with E-state index in [4.69, 9.17) is 11.6 Å². The second-order valence-corrected chi connectivity index (χ2v) is 8.24. The minimum atomic E-state index is -0.259. The van der Waals surface area contributed by atoms with Crippen LogP contribution in [0.15, 0.2) is 37.1 Å². The van der Waals surface area contributed by atoms with Gasteiger partial charge in [0, 0.05) is 12.6 Å². The molecule has 1 saturated heterocycles. The van der Waals surface area contributed by atoms with E-state index in [1.165, 1.54) is 30.9 Å². The first-order valence-electron chi connectivity index (χ1n) is 10.5. The lowest BCUT2D eigenvalue weighted by Gasteiger charge is -2.27. The molecule has 1 aromatic heterocycles. The summed E-state index contributed by atoms with van der Waals surface area (Å²) in [5.74, 6) is 1.31. The second kappa shape index (κ2) is 9.45. The lowest BCUT2D eigenvalue weighted by Crippen LogP contribution is -2.38. The molecule has 7 nitrogen and oxygen atoms in total. The summed E-state index contributed by atoms with van der Waals surface area (Å²) < 4.78 is 0. The molecule has 2 aromatic rings. The van der Waals surface area contributed by atoms with Gasteiger partial charge in [-0.15, -0.1) is 0 Å². The Hall–Kier alpha value is -2.64. The van der Waals surface area contributed by atoms with Crippen molar-refractivity contribution in [2.24, 2.45) is 0 Å². The molecule has 1 saturated carbocycles. The van der Waals surface area contributed by atoms with Crippen molar-refractivity contribution in [1.82, 2.24) is 15.3 Å². The third-order valence-corrected chi connectivity index (χ3v) is 5.97. The van der Waals surface area contributed by atoms with Gasteiger partial charge in [-0.05, 0) is 61.9 Å². The second-order valence-electron chi connectivity index (χ2n) is 7.83. The first kappa shape index (κ1) is 20.6. The van der Waals surface area contributed by atoms with E-state index in [9.17, 15) is 4.79 Å². The van der Waals surface area contributed by atoms with Crippen LogP contribution in [-0.4, -0.2) is 35.0 Å². The predicted octanol–water partition coefficient (Wildman–Crippen LogP) is 4.43. The monoisotopic (exact) mass is 426 g/mol. The maximum atomic E-state index is 12.0. The molecule has 1 atom stereocenters. The van der Waals surface area contributed by atoms with Crippen LogP contribution in [-0.2, 0) is 4.79 Å². The van der Waals surface area contributed by atoms with Crippen molar-refractivity contribution in [3.63, 3.8) is 0 Å². The highest BCUT2D eigenvalue weighted by molar-refractivity contribution is 6.33. The topological polar surface area (TPSA) is 91.0 Å². The molecule has 4 rings (SSSR count). The molecule has 8 heteroatoms. The lowest BCUT2D eigenvalue weighted by molar-refractivity contribution is -0.111. The molecule has 1 aliphatic heterocycles. The van der Waals surface area contributed by atoms with Gasteiger partial charge in [0.25, 0.3) is 0 Å². The Morgan fingerprint density at radius 2 is 2.10 bits per heavy atom. The first-order chi connectivity index (χ1) is 14.6. The zero-order chi connectivity index (χ0) is 20.9. The summed E-state index contributed by atoms with van der Waals surface area (Å²) in [5.41, 5.74) is 2.64. The molecule has 1 amide bonds. The molecule has 1 unspecified atom stereocenters. The summed E-state index contributed by atoms with van der Waals surface area (Å²) in [4.78, 5) is 20.8. The highest BCUT2D eigenvalue weighted by atomic mass is 35.5. The summed E-state index contributed by atoms with van der Waals surface area (Å²) in [6.45, 7) is 5.48. The fraction of sp³-hybridized carbons (Fsp3) is 0.409. The number of piperidine rings is 1. The van der Waals surface area contributed by atoms with Gasteiger partial charge in [-0.1, -0.05) is 30.7 Å². The molecule has 1 aliphatic carbocycles. The van der Waals surface area contributed by atoms with Gasteiger partial charge in [0.05, 0.1) is 17.6 Å². The first-order valence-corrected chi connectivity index (χ1v) is 10.8. The van der Waals surface area contributed by atoms with Crippen LogP contribution < -0.4 is 21.3 Å². The minimum absolute atomic E-state index is 0.259. The number of benzene rings is 1. The summed E-state index contributed by atoms with van der Waals surface area (Å²) in [6.07, 6.45) is 8.66. The molecule has 0 spiro atoms. The molecular formula is C22H27ClN6O. The maximum Gasteiger partial charge on any atom is 0.247 e. The number of aromatic nitrogens is 2. The van der Waals surface area contributed by atoms with E-state index in [0.717, 1.165) is 31.6 Å². The van der Waals surface area contributed by atoms with E-state index in [-0.39, 0.29) is 11.9 Å². The van der Waals surface area contributed by atoms with Crippen molar-refractivity contribution in [2.45, 2.75) is 44.1 Å². The highest BCUT2D eigenvalue weighted by Gasteiger charge is 2.21. The summed E-state index contributed by atoms with van der Waals surface area (Å²) in [5, 5.41) is 13.3. The lowest BCUT2D eigenvalue weighted by atomic mass is 9.80.